The van der Waals surface area contributed by atoms with Gasteiger partial charge >= 0.3 is 0 Å². The van der Waals surface area contributed by atoms with Crippen molar-refractivity contribution in [1.29, 1.82) is 0 Å². The molecule has 0 atom stereocenters. The van der Waals surface area contributed by atoms with Gasteiger partial charge in [0.2, 0.25) is 0 Å². The second-order valence-electron chi connectivity index (χ2n) is 4.01. The van der Waals surface area contributed by atoms with Crippen LogP contribution in [0.25, 0.3) is 0 Å². The largest absolute Gasteiger partial charge is 0.491 e. The van der Waals surface area contributed by atoms with E-state index in [1.165, 1.54) is 12.1 Å². The molecule has 0 unspecified atom stereocenters. The molecular formula is C14H22FNO3. The molecule has 0 heterocycles. The molecule has 0 radical (unpaired) electrons. The number of hydrogen-bond acceptors (Lipinski definition) is 4. The lowest BCUT2D eigenvalue weighted by Crippen LogP contribution is -2.22. The van der Waals surface area contributed by atoms with Gasteiger partial charge in [-0.3, -0.25) is 0 Å². The van der Waals surface area contributed by atoms with E-state index in [0.717, 1.165) is 26.1 Å². The Labute approximate surface area is 113 Å². The Hall–Kier alpha value is -1.17. The minimum absolute atomic E-state index is 0.261. The summed E-state index contributed by atoms with van der Waals surface area (Å²) in [4.78, 5) is 0. The van der Waals surface area contributed by atoms with Crippen LogP contribution < -0.4 is 10.1 Å². The van der Waals surface area contributed by atoms with Crippen LogP contribution in [0.5, 0.6) is 5.75 Å². The van der Waals surface area contributed by atoms with Crippen LogP contribution >= 0.6 is 0 Å². The summed E-state index contributed by atoms with van der Waals surface area (Å²) < 4.78 is 28.4. The van der Waals surface area contributed by atoms with Crippen LogP contribution in [0.2, 0.25) is 0 Å². The number of benzene rings is 1. The van der Waals surface area contributed by atoms with Crippen molar-refractivity contribution in [2.75, 3.05) is 46.6 Å². The zero-order valence-electron chi connectivity index (χ0n) is 11.4. The zero-order chi connectivity index (χ0) is 13.8. The summed E-state index contributed by atoms with van der Waals surface area (Å²) in [7, 11) is 1.70. The molecule has 0 aliphatic heterocycles. The maximum atomic E-state index is 12.6. The van der Waals surface area contributed by atoms with Crippen molar-refractivity contribution in [3.05, 3.63) is 30.1 Å². The molecule has 1 N–H and O–H groups in total. The first kappa shape index (κ1) is 15.9. The van der Waals surface area contributed by atoms with Gasteiger partial charge in [0.1, 0.15) is 18.2 Å². The van der Waals surface area contributed by atoms with Gasteiger partial charge in [0.25, 0.3) is 0 Å². The quantitative estimate of drug-likeness (QED) is 0.624. The first-order valence-corrected chi connectivity index (χ1v) is 6.48. The SMILES string of the molecule is COCCCNCCOCCOc1ccc(F)cc1. The molecule has 1 aromatic rings. The normalized spacial score (nSPS) is 10.6. The molecule has 0 spiro atoms. The summed E-state index contributed by atoms with van der Waals surface area (Å²) in [5.41, 5.74) is 0. The Morgan fingerprint density at radius 1 is 1.00 bits per heavy atom. The molecule has 19 heavy (non-hydrogen) atoms. The van der Waals surface area contributed by atoms with Crippen molar-refractivity contribution in [2.24, 2.45) is 0 Å². The Morgan fingerprint density at radius 3 is 2.53 bits per heavy atom. The van der Waals surface area contributed by atoms with Crippen LogP contribution in [0.3, 0.4) is 0 Å². The van der Waals surface area contributed by atoms with Crippen LogP contribution in [0.1, 0.15) is 6.42 Å². The number of ether oxygens (including phenoxy) is 3. The van der Waals surface area contributed by atoms with Gasteiger partial charge in [-0.15, -0.1) is 0 Å². The summed E-state index contributed by atoms with van der Waals surface area (Å²) in [5.74, 6) is 0.394. The number of halogens is 1. The Morgan fingerprint density at radius 2 is 1.79 bits per heavy atom. The molecule has 1 rings (SSSR count). The highest BCUT2D eigenvalue weighted by Crippen LogP contribution is 2.10. The molecule has 0 aromatic heterocycles. The van der Waals surface area contributed by atoms with Crippen LogP contribution in [0.4, 0.5) is 4.39 Å². The maximum Gasteiger partial charge on any atom is 0.123 e. The average Bonchev–Trinajstić information content (AvgIpc) is 2.43. The number of hydrogen-bond donors (Lipinski definition) is 1. The number of nitrogens with one attached hydrogen (secondary N) is 1. The average molecular weight is 271 g/mol. The fourth-order valence-electron chi connectivity index (χ4n) is 1.46. The van der Waals surface area contributed by atoms with Crippen molar-refractivity contribution in [1.82, 2.24) is 5.32 Å². The minimum atomic E-state index is -0.261. The summed E-state index contributed by atoms with van der Waals surface area (Å²) in [6.07, 6.45) is 1.00. The van der Waals surface area contributed by atoms with Crippen LogP contribution in [0, 0.1) is 5.82 Å². The lowest BCUT2D eigenvalue weighted by Gasteiger charge is -2.08. The molecule has 108 valence electrons. The van der Waals surface area contributed by atoms with Crippen molar-refractivity contribution in [3.63, 3.8) is 0 Å². The molecule has 0 fully saturated rings. The van der Waals surface area contributed by atoms with Crippen LogP contribution in [0.15, 0.2) is 24.3 Å². The first-order chi connectivity index (χ1) is 9.33. The fraction of sp³-hybridized carbons (Fsp3) is 0.571. The summed E-state index contributed by atoms with van der Waals surface area (Å²) in [6, 6.07) is 5.96. The predicted octanol–water partition coefficient (Wildman–Crippen LogP) is 1.85. The molecule has 0 saturated heterocycles. The lowest BCUT2D eigenvalue weighted by atomic mass is 10.3. The van der Waals surface area contributed by atoms with Gasteiger partial charge in [0, 0.05) is 20.3 Å². The standard InChI is InChI=1S/C14H22FNO3/c1-17-9-2-7-16-8-10-18-11-12-19-14-5-3-13(15)4-6-14/h3-6,16H,2,7-12H2,1H3. The molecule has 0 aliphatic rings. The smallest absolute Gasteiger partial charge is 0.123 e. The van der Waals surface area contributed by atoms with E-state index in [9.17, 15) is 4.39 Å². The van der Waals surface area contributed by atoms with Gasteiger partial charge in [-0.1, -0.05) is 0 Å². The molecule has 1 aromatic carbocycles. The van der Waals surface area contributed by atoms with Gasteiger partial charge in [-0.25, -0.2) is 4.39 Å². The van der Waals surface area contributed by atoms with Crippen molar-refractivity contribution >= 4 is 0 Å². The van der Waals surface area contributed by atoms with E-state index in [-0.39, 0.29) is 5.82 Å². The van der Waals surface area contributed by atoms with Gasteiger partial charge in [0.15, 0.2) is 0 Å². The van der Waals surface area contributed by atoms with E-state index < -0.39 is 0 Å². The maximum absolute atomic E-state index is 12.6. The second kappa shape index (κ2) is 10.7. The lowest BCUT2D eigenvalue weighted by molar-refractivity contribution is 0.101. The van der Waals surface area contributed by atoms with Crippen molar-refractivity contribution in [2.45, 2.75) is 6.42 Å². The molecule has 0 amide bonds. The third-order valence-electron chi connectivity index (χ3n) is 2.44. The van der Waals surface area contributed by atoms with Gasteiger partial charge in [-0.2, -0.15) is 0 Å². The highest BCUT2D eigenvalue weighted by Gasteiger charge is 1.95. The number of methoxy groups -OCH3 is 1. The Balaban J connectivity index is 1.87. The van der Waals surface area contributed by atoms with Crippen molar-refractivity contribution < 1.29 is 18.6 Å². The summed E-state index contributed by atoms with van der Waals surface area (Å²) >= 11 is 0. The Bertz CT molecular complexity index is 319. The van der Waals surface area contributed by atoms with E-state index in [4.69, 9.17) is 14.2 Å². The summed E-state index contributed by atoms with van der Waals surface area (Å²) in [5, 5.41) is 3.25. The van der Waals surface area contributed by atoms with Gasteiger partial charge in [0.05, 0.1) is 13.2 Å². The first-order valence-electron chi connectivity index (χ1n) is 6.48. The molecule has 5 heteroatoms. The molecule has 4 nitrogen and oxygen atoms in total. The number of rotatable bonds is 11. The van der Waals surface area contributed by atoms with E-state index >= 15 is 0 Å². The third-order valence-corrected chi connectivity index (χ3v) is 2.44. The van der Waals surface area contributed by atoms with Crippen LogP contribution in [-0.2, 0) is 9.47 Å². The van der Waals surface area contributed by atoms with Gasteiger partial charge in [-0.05, 0) is 37.2 Å². The molecule has 0 aliphatic carbocycles. The van der Waals surface area contributed by atoms with Gasteiger partial charge < -0.3 is 19.5 Å². The second-order valence-corrected chi connectivity index (χ2v) is 4.01. The van der Waals surface area contributed by atoms with E-state index in [1.54, 1.807) is 19.2 Å². The summed E-state index contributed by atoms with van der Waals surface area (Å²) in [6.45, 7) is 4.18. The van der Waals surface area contributed by atoms with Crippen molar-refractivity contribution in [3.8, 4) is 5.75 Å². The Kier molecular flexibility index (Phi) is 8.97. The third kappa shape index (κ3) is 8.53. The van der Waals surface area contributed by atoms with E-state index in [0.29, 0.717) is 25.6 Å². The fourth-order valence-corrected chi connectivity index (χ4v) is 1.46. The monoisotopic (exact) mass is 271 g/mol. The topological polar surface area (TPSA) is 39.7 Å². The molecular weight excluding hydrogens is 249 g/mol. The minimum Gasteiger partial charge on any atom is -0.491 e. The highest BCUT2D eigenvalue weighted by molar-refractivity contribution is 5.21. The van der Waals surface area contributed by atoms with Crippen LogP contribution in [-0.4, -0.2) is 46.6 Å². The van der Waals surface area contributed by atoms with E-state index in [1.807, 2.05) is 0 Å². The zero-order valence-corrected chi connectivity index (χ0v) is 11.4. The highest BCUT2D eigenvalue weighted by atomic mass is 19.1. The predicted molar refractivity (Wildman–Crippen MR) is 72.1 cm³/mol. The molecule has 0 saturated carbocycles. The molecule has 0 bridgehead atoms. The van der Waals surface area contributed by atoms with E-state index in [2.05, 4.69) is 5.32 Å².